The quantitative estimate of drug-likeness (QED) is 0.691. The van der Waals surface area contributed by atoms with E-state index in [1.807, 2.05) is 54.0 Å². The zero-order valence-corrected chi connectivity index (χ0v) is 14.2. The van der Waals surface area contributed by atoms with Crippen molar-refractivity contribution >= 4 is 28.8 Å². The SMILES string of the molecule is CCC(C(=O)Nc1cccc(OC)c1)n1cc(C=O)c2ccccc21. The Labute approximate surface area is 146 Å². The highest BCUT2D eigenvalue weighted by atomic mass is 16.5. The molecule has 1 heterocycles. The molecule has 0 aliphatic heterocycles. The number of aromatic nitrogens is 1. The minimum absolute atomic E-state index is 0.131. The van der Waals surface area contributed by atoms with Crippen molar-refractivity contribution in [3.8, 4) is 5.75 Å². The van der Waals surface area contributed by atoms with Gasteiger partial charge in [0.2, 0.25) is 5.91 Å². The van der Waals surface area contributed by atoms with Gasteiger partial charge in [-0.1, -0.05) is 31.2 Å². The third-order valence-corrected chi connectivity index (χ3v) is 4.26. The highest BCUT2D eigenvalue weighted by Crippen LogP contribution is 2.26. The minimum Gasteiger partial charge on any atom is -0.497 e. The average molecular weight is 336 g/mol. The monoisotopic (exact) mass is 336 g/mol. The Morgan fingerprint density at radius 2 is 2.04 bits per heavy atom. The average Bonchev–Trinajstić information content (AvgIpc) is 3.01. The van der Waals surface area contributed by atoms with E-state index in [1.165, 1.54) is 0 Å². The number of aldehydes is 1. The van der Waals surface area contributed by atoms with E-state index < -0.39 is 6.04 Å². The molecule has 0 radical (unpaired) electrons. The van der Waals surface area contributed by atoms with E-state index in [1.54, 1.807) is 19.4 Å². The zero-order chi connectivity index (χ0) is 17.8. The summed E-state index contributed by atoms with van der Waals surface area (Å²) in [6, 6.07) is 14.4. The van der Waals surface area contributed by atoms with Crippen LogP contribution in [-0.2, 0) is 4.79 Å². The van der Waals surface area contributed by atoms with Crippen LogP contribution in [0, 0.1) is 0 Å². The maximum atomic E-state index is 12.8. The molecular formula is C20H20N2O3. The molecule has 0 aliphatic carbocycles. The normalized spacial score (nSPS) is 11.9. The molecule has 3 rings (SSSR count). The van der Waals surface area contributed by atoms with Crippen LogP contribution in [0.4, 0.5) is 5.69 Å². The molecule has 1 N–H and O–H groups in total. The van der Waals surface area contributed by atoms with Gasteiger partial charge < -0.3 is 14.6 Å². The fraction of sp³-hybridized carbons (Fsp3) is 0.200. The Bertz CT molecular complexity index is 914. The number of ether oxygens (including phenoxy) is 1. The second-order valence-electron chi connectivity index (χ2n) is 5.77. The van der Waals surface area contributed by atoms with Gasteiger partial charge in [-0.05, 0) is 24.6 Å². The van der Waals surface area contributed by atoms with Gasteiger partial charge in [0.05, 0.1) is 7.11 Å². The summed E-state index contributed by atoms with van der Waals surface area (Å²) < 4.78 is 7.06. The van der Waals surface area contributed by atoms with Gasteiger partial charge in [-0.2, -0.15) is 0 Å². The molecule has 0 bridgehead atoms. The van der Waals surface area contributed by atoms with Gasteiger partial charge in [-0.15, -0.1) is 0 Å². The smallest absolute Gasteiger partial charge is 0.247 e. The van der Waals surface area contributed by atoms with Crippen molar-refractivity contribution in [2.45, 2.75) is 19.4 Å². The summed E-state index contributed by atoms with van der Waals surface area (Å²) in [5.74, 6) is 0.550. The van der Waals surface area contributed by atoms with Crippen LogP contribution in [0.2, 0.25) is 0 Å². The first-order valence-corrected chi connectivity index (χ1v) is 8.17. The van der Waals surface area contributed by atoms with Crippen LogP contribution in [-0.4, -0.2) is 23.9 Å². The zero-order valence-electron chi connectivity index (χ0n) is 14.2. The first-order chi connectivity index (χ1) is 12.2. The standard InChI is InChI=1S/C20H20N2O3/c1-3-18(20(24)21-15-7-6-8-16(11-15)25-2)22-12-14(13-23)17-9-4-5-10-19(17)22/h4-13,18H,3H2,1-2H3,(H,21,24). The molecule has 3 aromatic rings. The third kappa shape index (κ3) is 3.26. The fourth-order valence-electron chi connectivity index (χ4n) is 3.02. The number of fused-ring (bicyclic) bond motifs is 1. The molecule has 2 aromatic carbocycles. The number of benzene rings is 2. The Kier molecular flexibility index (Phi) is 4.84. The number of rotatable bonds is 6. The van der Waals surface area contributed by atoms with Gasteiger partial charge in [0.25, 0.3) is 0 Å². The van der Waals surface area contributed by atoms with Gasteiger partial charge >= 0.3 is 0 Å². The van der Waals surface area contributed by atoms with Crippen LogP contribution >= 0.6 is 0 Å². The number of hydrogen-bond acceptors (Lipinski definition) is 3. The summed E-state index contributed by atoms with van der Waals surface area (Å²) in [5.41, 5.74) is 2.13. The summed E-state index contributed by atoms with van der Waals surface area (Å²) >= 11 is 0. The van der Waals surface area contributed by atoms with E-state index in [-0.39, 0.29) is 5.91 Å². The number of carbonyl (C=O) groups is 2. The van der Waals surface area contributed by atoms with Crippen LogP contribution in [0.15, 0.2) is 54.7 Å². The lowest BCUT2D eigenvalue weighted by Gasteiger charge is -2.18. The van der Waals surface area contributed by atoms with Crippen LogP contribution < -0.4 is 10.1 Å². The predicted octanol–water partition coefficient (Wildman–Crippen LogP) is 4.05. The molecule has 0 saturated carbocycles. The molecule has 0 fully saturated rings. The number of amides is 1. The number of carbonyl (C=O) groups excluding carboxylic acids is 2. The Morgan fingerprint density at radius 1 is 1.24 bits per heavy atom. The van der Waals surface area contributed by atoms with Crippen LogP contribution in [0.3, 0.4) is 0 Å². The van der Waals surface area contributed by atoms with Gasteiger partial charge in [0, 0.05) is 34.4 Å². The van der Waals surface area contributed by atoms with Crippen molar-refractivity contribution in [3.05, 3.63) is 60.3 Å². The highest BCUT2D eigenvalue weighted by molar-refractivity contribution is 6.00. The molecule has 128 valence electrons. The molecule has 1 aromatic heterocycles. The first-order valence-electron chi connectivity index (χ1n) is 8.17. The topological polar surface area (TPSA) is 60.3 Å². The largest absolute Gasteiger partial charge is 0.497 e. The van der Waals surface area contributed by atoms with Crippen molar-refractivity contribution < 1.29 is 14.3 Å². The fourth-order valence-corrected chi connectivity index (χ4v) is 3.02. The summed E-state index contributed by atoms with van der Waals surface area (Å²) in [6.45, 7) is 1.95. The Morgan fingerprint density at radius 3 is 2.76 bits per heavy atom. The molecule has 0 saturated heterocycles. The van der Waals surface area contributed by atoms with E-state index in [4.69, 9.17) is 4.74 Å². The van der Waals surface area contributed by atoms with Gasteiger partial charge in [-0.25, -0.2) is 0 Å². The first kappa shape index (κ1) is 16.8. The second-order valence-corrected chi connectivity index (χ2v) is 5.77. The van der Waals surface area contributed by atoms with Gasteiger partial charge in [0.15, 0.2) is 6.29 Å². The molecule has 0 aliphatic rings. The third-order valence-electron chi connectivity index (χ3n) is 4.26. The lowest BCUT2D eigenvalue weighted by molar-refractivity contribution is -0.119. The van der Waals surface area contributed by atoms with Crippen molar-refractivity contribution in [3.63, 3.8) is 0 Å². The molecule has 5 heteroatoms. The number of para-hydroxylation sites is 1. The van der Waals surface area contributed by atoms with E-state index >= 15 is 0 Å². The van der Waals surface area contributed by atoms with E-state index in [2.05, 4.69) is 5.32 Å². The van der Waals surface area contributed by atoms with Crippen molar-refractivity contribution in [2.75, 3.05) is 12.4 Å². The maximum Gasteiger partial charge on any atom is 0.247 e. The second kappa shape index (κ2) is 7.21. The van der Waals surface area contributed by atoms with Gasteiger partial charge in [0.1, 0.15) is 11.8 Å². The summed E-state index contributed by atoms with van der Waals surface area (Å²) in [6.07, 6.45) is 3.18. The summed E-state index contributed by atoms with van der Waals surface area (Å²) in [7, 11) is 1.59. The number of hydrogen-bond donors (Lipinski definition) is 1. The maximum absolute atomic E-state index is 12.8. The van der Waals surface area contributed by atoms with Crippen LogP contribution in [0.25, 0.3) is 10.9 Å². The van der Waals surface area contributed by atoms with Crippen molar-refractivity contribution in [1.82, 2.24) is 4.57 Å². The summed E-state index contributed by atoms with van der Waals surface area (Å²) in [5, 5.41) is 3.78. The number of methoxy groups -OCH3 is 1. The van der Waals surface area contributed by atoms with Crippen LogP contribution in [0.5, 0.6) is 5.75 Å². The predicted molar refractivity (Wildman–Crippen MR) is 98.3 cm³/mol. The molecule has 1 unspecified atom stereocenters. The van der Waals surface area contributed by atoms with Crippen molar-refractivity contribution in [2.24, 2.45) is 0 Å². The van der Waals surface area contributed by atoms with E-state index in [9.17, 15) is 9.59 Å². The molecule has 0 spiro atoms. The van der Waals surface area contributed by atoms with Crippen LogP contribution in [0.1, 0.15) is 29.7 Å². The number of anilines is 1. The van der Waals surface area contributed by atoms with Crippen molar-refractivity contribution in [1.29, 1.82) is 0 Å². The lowest BCUT2D eigenvalue weighted by atomic mass is 10.1. The van der Waals surface area contributed by atoms with E-state index in [0.717, 1.165) is 17.2 Å². The van der Waals surface area contributed by atoms with E-state index in [0.29, 0.717) is 23.4 Å². The minimum atomic E-state index is -0.412. The Balaban J connectivity index is 1.94. The van der Waals surface area contributed by atoms with Gasteiger partial charge in [-0.3, -0.25) is 9.59 Å². The lowest BCUT2D eigenvalue weighted by Crippen LogP contribution is -2.25. The number of nitrogens with zero attached hydrogens (tertiary/aromatic N) is 1. The molecule has 1 amide bonds. The number of nitrogens with one attached hydrogen (secondary N) is 1. The molecule has 5 nitrogen and oxygen atoms in total. The summed E-state index contributed by atoms with van der Waals surface area (Å²) in [4.78, 5) is 24.2. The highest BCUT2D eigenvalue weighted by Gasteiger charge is 2.21. The molecule has 25 heavy (non-hydrogen) atoms. The molecule has 1 atom stereocenters. The Hall–Kier alpha value is -3.08. The molecular weight excluding hydrogens is 316 g/mol.